The van der Waals surface area contributed by atoms with E-state index >= 15 is 0 Å². The molecule has 0 heterocycles. The van der Waals surface area contributed by atoms with E-state index in [1.54, 1.807) is 36.1 Å². The number of hydrogen-bond donors (Lipinski definition) is 0. The van der Waals surface area contributed by atoms with Gasteiger partial charge in [-0.1, -0.05) is 13.8 Å². The zero-order chi connectivity index (χ0) is 19.4. The van der Waals surface area contributed by atoms with Crippen molar-refractivity contribution in [3.05, 3.63) is 24.3 Å². The lowest BCUT2D eigenvalue weighted by Gasteiger charge is -2.23. The minimum absolute atomic E-state index is 0.0606. The van der Waals surface area contributed by atoms with Crippen LogP contribution in [0, 0.1) is 5.92 Å². The van der Waals surface area contributed by atoms with Gasteiger partial charge in [0.25, 0.3) is 5.91 Å². The Morgan fingerprint density at radius 3 is 2.12 bits per heavy atom. The molecule has 6 nitrogen and oxygen atoms in total. The lowest BCUT2D eigenvalue weighted by atomic mass is 10.1. The molecular weight excluding hydrogens is 334 g/mol. The van der Waals surface area contributed by atoms with Gasteiger partial charge in [0.2, 0.25) is 0 Å². The van der Waals surface area contributed by atoms with E-state index in [0.717, 1.165) is 12.2 Å². The first-order chi connectivity index (χ1) is 12.5. The van der Waals surface area contributed by atoms with Gasteiger partial charge >= 0.3 is 5.97 Å². The Morgan fingerprint density at radius 2 is 1.58 bits per heavy atom. The van der Waals surface area contributed by atoms with Crippen LogP contribution in [-0.2, 0) is 14.3 Å². The van der Waals surface area contributed by atoms with E-state index < -0.39 is 0 Å². The fourth-order valence-electron chi connectivity index (χ4n) is 2.27. The van der Waals surface area contributed by atoms with E-state index in [2.05, 4.69) is 13.8 Å². The molecule has 0 aliphatic carbocycles. The molecule has 0 spiro atoms. The van der Waals surface area contributed by atoms with E-state index in [4.69, 9.17) is 14.2 Å². The Morgan fingerprint density at radius 1 is 0.962 bits per heavy atom. The van der Waals surface area contributed by atoms with Crippen molar-refractivity contribution in [2.75, 3.05) is 32.9 Å². The maximum Gasteiger partial charge on any atom is 0.307 e. The van der Waals surface area contributed by atoms with Crippen molar-refractivity contribution >= 4 is 11.9 Å². The minimum atomic E-state index is -0.290. The van der Waals surface area contributed by atoms with E-state index in [9.17, 15) is 9.59 Å². The molecule has 0 aromatic heterocycles. The smallest absolute Gasteiger partial charge is 0.307 e. The van der Waals surface area contributed by atoms with E-state index in [1.807, 2.05) is 6.92 Å². The van der Waals surface area contributed by atoms with Gasteiger partial charge in [-0.25, -0.2) is 0 Å². The summed E-state index contributed by atoms with van der Waals surface area (Å²) in [6, 6.07) is 7.16. The predicted octanol–water partition coefficient (Wildman–Crippen LogP) is 3.29. The van der Waals surface area contributed by atoms with Crippen molar-refractivity contribution in [2.45, 2.75) is 40.5 Å². The number of rotatable bonds is 12. The van der Waals surface area contributed by atoms with E-state index in [0.29, 0.717) is 38.0 Å². The molecule has 0 saturated heterocycles. The van der Waals surface area contributed by atoms with E-state index in [-0.39, 0.29) is 24.9 Å². The molecule has 0 N–H and O–H groups in total. The molecule has 0 atom stereocenters. The van der Waals surface area contributed by atoms with Crippen molar-refractivity contribution < 1.29 is 23.8 Å². The SMILES string of the molecule is CCOC(=O)CCN(CCC(C)C)C(=O)COc1ccc(OCC)cc1. The molecule has 6 heteroatoms. The Balaban J connectivity index is 2.55. The normalized spacial score (nSPS) is 10.5. The highest BCUT2D eigenvalue weighted by molar-refractivity contribution is 5.78. The van der Waals surface area contributed by atoms with Crippen molar-refractivity contribution in [2.24, 2.45) is 5.92 Å². The third kappa shape index (κ3) is 8.74. The molecule has 0 unspecified atom stereocenters. The number of benzene rings is 1. The second-order valence-electron chi connectivity index (χ2n) is 6.31. The van der Waals surface area contributed by atoms with Gasteiger partial charge in [0.05, 0.1) is 19.6 Å². The third-order valence-electron chi connectivity index (χ3n) is 3.72. The molecular formula is C20H31NO5. The summed E-state index contributed by atoms with van der Waals surface area (Å²) >= 11 is 0. The average molecular weight is 365 g/mol. The molecule has 0 saturated carbocycles. The van der Waals surface area contributed by atoms with Gasteiger partial charge in [0.1, 0.15) is 11.5 Å². The molecule has 1 rings (SSSR count). The first kappa shape index (κ1) is 21.8. The van der Waals surface area contributed by atoms with Gasteiger partial charge in [-0.05, 0) is 50.5 Å². The summed E-state index contributed by atoms with van der Waals surface area (Å²) in [5.41, 5.74) is 0. The van der Waals surface area contributed by atoms with E-state index in [1.165, 1.54) is 0 Å². The molecule has 0 fully saturated rings. The highest BCUT2D eigenvalue weighted by Gasteiger charge is 2.16. The van der Waals surface area contributed by atoms with Crippen LogP contribution in [-0.4, -0.2) is 49.7 Å². The molecule has 0 aliphatic rings. The third-order valence-corrected chi connectivity index (χ3v) is 3.72. The highest BCUT2D eigenvalue weighted by Crippen LogP contribution is 2.17. The molecule has 1 aromatic carbocycles. The summed E-state index contributed by atoms with van der Waals surface area (Å²) < 4.78 is 15.9. The number of ether oxygens (including phenoxy) is 3. The second kappa shape index (κ2) is 12.2. The minimum Gasteiger partial charge on any atom is -0.494 e. The van der Waals surface area contributed by atoms with Crippen LogP contribution in [0.25, 0.3) is 0 Å². The van der Waals surface area contributed by atoms with Crippen molar-refractivity contribution in [1.29, 1.82) is 0 Å². The largest absolute Gasteiger partial charge is 0.494 e. The molecule has 0 radical (unpaired) electrons. The summed E-state index contributed by atoms with van der Waals surface area (Å²) in [4.78, 5) is 25.7. The number of esters is 1. The van der Waals surface area contributed by atoms with Crippen LogP contribution in [0.5, 0.6) is 11.5 Å². The fraction of sp³-hybridized carbons (Fsp3) is 0.600. The standard InChI is InChI=1S/C20H31NO5/c1-5-24-17-7-9-18(10-8-17)26-15-19(22)21(13-11-16(3)4)14-12-20(23)25-6-2/h7-10,16H,5-6,11-15H2,1-4H3. The van der Waals surface area contributed by atoms with Crippen LogP contribution in [0.2, 0.25) is 0 Å². The van der Waals surface area contributed by atoms with Gasteiger partial charge < -0.3 is 19.1 Å². The van der Waals surface area contributed by atoms with Crippen LogP contribution < -0.4 is 9.47 Å². The maximum absolute atomic E-state index is 12.5. The van der Waals surface area contributed by atoms with Crippen LogP contribution in [0.3, 0.4) is 0 Å². The lowest BCUT2D eigenvalue weighted by molar-refractivity contribution is -0.144. The quantitative estimate of drug-likeness (QED) is 0.532. The Bertz CT molecular complexity index is 542. The molecule has 1 amide bonds. The molecule has 26 heavy (non-hydrogen) atoms. The molecule has 1 aromatic rings. The lowest BCUT2D eigenvalue weighted by Crippen LogP contribution is -2.37. The van der Waals surface area contributed by atoms with Gasteiger partial charge in [0, 0.05) is 13.1 Å². The van der Waals surface area contributed by atoms with Crippen LogP contribution in [0.4, 0.5) is 0 Å². The van der Waals surface area contributed by atoms with Gasteiger partial charge in [-0.3, -0.25) is 9.59 Å². The van der Waals surface area contributed by atoms with Gasteiger partial charge in [0.15, 0.2) is 6.61 Å². The van der Waals surface area contributed by atoms with Crippen LogP contribution in [0.1, 0.15) is 40.5 Å². The van der Waals surface area contributed by atoms with Crippen molar-refractivity contribution in [3.63, 3.8) is 0 Å². The number of nitrogens with zero attached hydrogens (tertiary/aromatic N) is 1. The Hall–Kier alpha value is -2.24. The van der Waals surface area contributed by atoms with Crippen molar-refractivity contribution in [3.8, 4) is 11.5 Å². The summed E-state index contributed by atoms with van der Waals surface area (Å²) in [6.07, 6.45) is 1.07. The number of carbonyl (C=O) groups is 2. The fourth-order valence-corrected chi connectivity index (χ4v) is 2.27. The number of hydrogen-bond acceptors (Lipinski definition) is 5. The average Bonchev–Trinajstić information content (AvgIpc) is 2.61. The van der Waals surface area contributed by atoms with Gasteiger partial charge in [-0.15, -0.1) is 0 Å². The zero-order valence-electron chi connectivity index (χ0n) is 16.3. The summed E-state index contributed by atoms with van der Waals surface area (Å²) in [5, 5.41) is 0. The van der Waals surface area contributed by atoms with Gasteiger partial charge in [-0.2, -0.15) is 0 Å². The molecule has 146 valence electrons. The Kier molecular flexibility index (Phi) is 10.2. The first-order valence-corrected chi connectivity index (χ1v) is 9.25. The predicted molar refractivity (Wildman–Crippen MR) is 100 cm³/mol. The number of amides is 1. The number of carbonyl (C=O) groups excluding carboxylic acids is 2. The van der Waals surface area contributed by atoms with Crippen LogP contribution >= 0.6 is 0 Å². The molecule has 0 bridgehead atoms. The topological polar surface area (TPSA) is 65.1 Å². The van der Waals surface area contributed by atoms with Crippen LogP contribution in [0.15, 0.2) is 24.3 Å². The second-order valence-corrected chi connectivity index (χ2v) is 6.31. The monoisotopic (exact) mass is 365 g/mol. The zero-order valence-corrected chi connectivity index (χ0v) is 16.3. The first-order valence-electron chi connectivity index (χ1n) is 9.25. The van der Waals surface area contributed by atoms with Crippen molar-refractivity contribution in [1.82, 2.24) is 4.90 Å². The highest BCUT2D eigenvalue weighted by atomic mass is 16.5. The summed E-state index contributed by atoms with van der Waals surface area (Å²) in [5.74, 6) is 1.42. The molecule has 0 aliphatic heterocycles. The maximum atomic E-state index is 12.5. The summed E-state index contributed by atoms with van der Waals surface area (Å²) in [7, 11) is 0. The Labute approximate surface area is 156 Å². The summed E-state index contributed by atoms with van der Waals surface area (Å²) in [6.45, 7) is 9.72.